The van der Waals surface area contributed by atoms with Crippen molar-refractivity contribution < 1.29 is 17.6 Å². The Balaban J connectivity index is 3.19. The van der Waals surface area contributed by atoms with E-state index in [0.717, 1.165) is 12.1 Å². The maximum atomic E-state index is 12.7. The molecule has 0 heterocycles. The Kier molecular flexibility index (Phi) is 2.45. The Morgan fingerprint density at radius 2 is 1.85 bits per heavy atom. The topological polar surface area (TPSA) is 12.0 Å². The summed E-state index contributed by atoms with van der Waals surface area (Å²) in [6.07, 6.45) is -4.64. The second kappa shape index (κ2) is 3.24. The van der Waals surface area contributed by atoms with Crippen LogP contribution in [0.5, 0.6) is 0 Å². The zero-order valence-electron chi connectivity index (χ0n) is 6.74. The molecule has 0 aliphatic heterocycles. The molecule has 5 heteroatoms. The fraction of sp³-hybridized carbons (Fsp3) is 0.250. The van der Waals surface area contributed by atoms with Crippen molar-refractivity contribution in [2.75, 3.05) is 12.4 Å². The summed E-state index contributed by atoms with van der Waals surface area (Å²) in [5, 5.41) is 2.50. The molecular formula is C8H7F4N. The molecular weight excluding hydrogens is 186 g/mol. The highest BCUT2D eigenvalue weighted by Crippen LogP contribution is 2.32. The van der Waals surface area contributed by atoms with Crippen LogP contribution in [0.15, 0.2) is 18.2 Å². The van der Waals surface area contributed by atoms with Crippen molar-refractivity contribution in [1.82, 2.24) is 0 Å². The Bertz CT molecular complexity index is 306. The molecule has 1 aromatic carbocycles. The summed E-state index contributed by atoms with van der Waals surface area (Å²) >= 11 is 0. The van der Waals surface area contributed by atoms with Crippen LogP contribution >= 0.6 is 0 Å². The Labute approximate surface area is 72.4 Å². The molecule has 0 spiro atoms. The Morgan fingerprint density at radius 3 is 2.31 bits per heavy atom. The van der Waals surface area contributed by atoms with Crippen LogP contribution in [0.4, 0.5) is 23.2 Å². The molecule has 0 unspecified atom stereocenters. The van der Waals surface area contributed by atoms with Crippen molar-refractivity contribution in [3.63, 3.8) is 0 Å². The van der Waals surface area contributed by atoms with E-state index in [9.17, 15) is 17.6 Å². The first-order valence-corrected chi connectivity index (χ1v) is 3.49. The lowest BCUT2D eigenvalue weighted by Crippen LogP contribution is -2.08. The third-order valence-electron chi connectivity index (χ3n) is 1.56. The number of halogens is 4. The lowest BCUT2D eigenvalue weighted by molar-refractivity contribution is -0.139. The predicted octanol–water partition coefficient (Wildman–Crippen LogP) is 2.89. The molecule has 1 nitrogen and oxygen atoms in total. The van der Waals surface area contributed by atoms with Gasteiger partial charge in [-0.15, -0.1) is 0 Å². The quantitative estimate of drug-likeness (QED) is 0.676. The van der Waals surface area contributed by atoms with Gasteiger partial charge in [0.05, 0.1) is 5.56 Å². The summed E-state index contributed by atoms with van der Waals surface area (Å²) in [5.41, 5.74) is -1.02. The van der Waals surface area contributed by atoms with Gasteiger partial charge in [-0.2, -0.15) is 13.2 Å². The standard InChI is InChI=1S/C8H7F4N/c1-13-5-2-3-7(9)6(4-5)8(10,11)12/h2-4,13H,1H3. The third-order valence-corrected chi connectivity index (χ3v) is 1.56. The maximum Gasteiger partial charge on any atom is 0.419 e. The molecule has 0 saturated heterocycles. The summed E-state index contributed by atoms with van der Waals surface area (Å²) in [6.45, 7) is 0. The zero-order chi connectivity index (χ0) is 10.1. The molecule has 0 fully saturated rings. The van der Waals surface area contributed by atoms with E-state index in [1.807, 2.05) is 0 Å². The van der Waals surface area contributed by atoms with Crippen molar-refractivity contribution in [3.05, 3.63) is 29.6 Å². The summed E-state index contributed by atoms with van der Waals surface area (Å²) in [6, 6.07) is 2.76. The average Bonchev–Trinajstić information content (AvgIpc) is 2.03. The summed E-state index contributed by atoms with van der Waals surface area (Å²) < 4.78 is 48.9. The van der Waals surface area contributed by atoms with Gasteiger partial charge >= 0.3 is 6.18 Å². The number of anilines is 1. The van der Waals surface area contributed by atoms with Crippen molar-refractivity contribution >= 4 is 5.69 Å². The molecule has 72 valence electrons. The molecule has 0 bridgehead atoms. The van der Waals surface area contributed by atoms with E-state index in [-0.39, 0.29) is 5.69 Å². The molecule has 0 aromatic heterocycles. The Morgan fingerprint density at radius 1 is 1.23 bits per heavy atom. The lowest BCUT2D eigenvalue weighted by atomic mass is 10.2. The van der Waals surface area contributed by atoms with Gasteiger partial charge in [0.2, 0.25) is 0 Å². The fourth-order valence-electron chi connectivity index (χ4n) is 0.898. The highest BCUT2D eigenvalue weighted by molar-refractivity contribution is 5.46. The fourth-order valence-corrected chi connectivity index (χ4v) is 0.898. The van der Waals surface area contributed by atoms with Gasteiger partial charge in [-0.3, -0.25) is 0 Å². The smallest absolute Gasteiger partial charge is 0.388 e. The van der Waals surface area contributed by atoms with Gasteiger partial charge in [0.25, 0.3) is 0 Å². The van der Waals surface area contributed by atoms with E-state index in [1.165, 1.54) is 13.1 Å². The number of nitrogens with one attached hydrogen (secondary N) is 1. The van der Waals surface area contributed by atoms with E-state index in [4.69, 9.17) is 0 Å². The molecule has 0 amide bonds. The average molecular weight is 193 g/mol. The van der Waals surface area contributed by atoms with Crippen LogP contribution in [0.3, 0.4) is 0 Å². The van der Waals surface area contributed by atoms with Gasteiger partial charge in [-0.1, -0.05) is 0 Å². The molecule has 0 atom stereocenters. The van der Waals surface area contributed by atoms with Crippen LogP contribution in [0, 0.1) is 5.82 Å². The monoisotopic (exact) mass is 193 g/mol. The van der Waals surface area contributed by atoms with Gasteiger partial charge in [-0.25, -0.2) is 4.39 Å². The number of hydrogen-bond donors (Lipinski definition) is 1. The van der Waals surface area contributed by atoms with Crippen LogP contribution in [-0.4, -0.2) is 7.05 Å². The SMILES string of the molecule is CNc1ccc(F)c(C(F)(F)F)c1. The molecule has 0 saturated carbocycles. The molecule has 0 radical (unpaired) electrons. The molecule has 1 aromatic rings. The van der Waals surface area contributed by atoms with Crippen LogP contribution in [0.2, 0.25) is 0 Å². The number of hydrogen-bond acceptors (Lipinski definition) is 1. The minimum absolute atomic E-state index is 0.230. The largest absolute Gasteiger partial charge is 0.419 e. The highest BCUT2D eigenvalue weighted by Gasteiger charge is 2.34. The molecule has 1 N–H and O–H groups in total. The second-order valence-electron chi connectivity index (χ2n) is 2.44. The number of benzene rings is 1. The van der Waals surface area contributed by atoms with E-state index < -0.39 is 17.6 Å². The van der Waals surface area contributed by atoms with E-state index in [0.29, 0.717) is 0 Å². The van der Waals surface area contributed by atoms with E-state index in [1.54, 1.807) is 0 Å². The molecule has 13 heavy (non-hydrogen) atoms. The molecule has 1 rings (SSSR count). The first-order valence-electron chi connectivity index (χ1n) is 3.49. The van der Waals surface area contributed by atoms with Crippen LogP contribution in [0.25, 0.3) is 0 Å². The lowest BCUT2D eigenvalue weighted by Gasteiger charge is -2.09. The predicted molar refractivity (Wildman–Crippen MR) is 40.9 cm³/mol. The summed E-state index contributed by atoms with van der Waals surface area (Å²) in [4.78, 5) is 0. The van der Waals surface area contributed by atoms with Crippen molar-refractivity contribution in [1.29, 1.82) is 0 Å². The van der Waals surface area contributed by atoms with Crippen LogP contribution in [0.1, 0.15) is 5.56 Å². The van der Waals surface area contributed by atoms with E-state index in [2.05, 4.69) is 5.32 Å². The molecule has 0 aliphatic rings. The summed E-state index contributed by atoms with van der Waals surface area (Å²) in [5.74, 6) is -1.26. The first-order chi connectivity index (χ1) is 5.95. The van der Waals surface area contributed by atoms with Crippen molar-refractivity contribution in [3.8, 4) is 0 Å². The minimum Gasteiger partial charge on any atom is -0.388 e. The second-order valence-corrected chi connectivity index (χ2v) is 2.44. The van der Waals surface area contributed by atoms with Gasteiger partial charge in [0.1, 0.15) is 5.82 Å². The van der Waals surface area contributed by atoms with Crippen molar-refractivity contribution in [2.45, 2.75) is 6.18 Å². The van der Waals surface area contributed by atoms with Gasteiger partial charge in [0, 0.05) is 12.7 Å². The van der Waals surface area contributed by atoms with Gasteiger partial charge in [-0.05, 0) is 18.2 Å². The third kappa shape index (κ3) is 2.11. The van der Waals surface area contributed by atoms with Crippen LogP contribution in [-0.2, 0) is 6.18 Å². The maximum absolute atomic E-state index is 12.7. The molecule has 0 aliphatic carbocycles. The first kappa shape index (κ1) is 9.83. The number of alkyl halides is 3. The normalized spacial score (nSPS) is 11.5. The van der Waals surface area contributed by atoms with Gasteiger partial charge in [0.15, 0.2) is 0 Å². The van der Waals surface area contributed by atoms with Crippen molar-refractivity contribution in [2.24, 2.45) is 0 Å². The minimum atomic E-state index is -4.64. The van der Waals surface area contributed by atoms with Crippen LogP contribution < -0.4 is 5.32 Å². The van der Waals surface area contributed by atoms with Gasteiger partial charge < -0.3 is 5.32 Å². The number of rotatable bonds is 1. The van der Waals surface area contributed by atoms with E-state index >= 15 is 0 Å². The highest BCUT2D eigenvalue weighted by atomic mass is 19.4. The Hall–Kier alpha value is -1.26. The summed E-state index contributed by atoms with van der Waals surface area (Å²) in [7, 11) is 1.47. The zero-order valence-corrected chi connectivity index (χ0v) is 6.74.